The first-order chi connectivity index (χ1) is 8.21. The molecule has 0 fully saturated rings. The second-order valence-corrected chi connectivity index (χ2v) is 6.04. The van der Waals surface area contributed by atoms with Crippen molar-refractivity contribution in [1.82, 2.24) is 0 Å². The third-order valence-electron chi connectivity index (χ3n) is 2.42. The van der Waals surface area contributed by atoms with Crippen LogP contribution in [0.4, 0.5) is 0 Å². The van der Waals surface area contributed by atoms with Crippen LogP contribution >= 0.6 is 0 Å². The summed E-state index contributed by atoms with van der Waals surface area (Å²) in [7, 11) is -3.30. The van der Waals surface area contributed by atoms with Crippen molar-refractivity contribution in [2.24, 2.45) is 5.73 Å². The van der Waals surface area contributed by atoms with Crippen molar-refractivity contribution in [3.63, 3.8) is 0 Å². The Labute approximate surface area is 105 Å². The number of hydrogen-bond donors (Lipinski definition) is 3. The highest BCUT2D eigenvalue weighted by molar-refractivity contribution is 7.90. The number of amides is 1. The lowest BCUT2D eigenvalue weighted by molar-refractivity contribution is -0.121. The van der Waals surface area contributed by atoms with E-state index in [-0.39, 0.29) is 11.3 Å². The molecule has 0 aliphatic heterocycles. The Morgan fingerprint density at radius 2 is 1.78 bits per heavy atom. The molecule has 0 bridgehead atoms. The van der Waals surface area contributed by atoms with E-state index >= 15 is 0 Å². The monoisotopic (exact) mass is 273 g/mol. The fraction of sp³-hybridized carbons (Fsp3) is 0.364. The Bertz CT molecular complexity index is 523. The molecule has 0 aliphatic carbocycles. The van der Waals surface area contributed by atoms with Gasteiger partial charge in [-0.3, -0.25) is 4.79 Å². The first-order valence-electron chi connectivity index (χ1n) is 5.16. The van der Waals surface area contributed by atoms with Gasteiger partial charge in [0, 0.05) is 6.26 Å². The molecule has 100 valence electrons. The van der Waals surface area contributed by atoms with Gasteiger partial charge >= 0.3 is 0 Å². The largest absolute Gasteiger partial charge is 0.390 e. The third kappa shape index (κ3) is 3.80. The molecule has 0 aromatic heterocycles. The number of aliphatic hydroxyl groups excluding tert-OH is 2. The molecular formula is C11H15NO5S. The number of hydrogen-bond acceptors (Lipinski definition) is 5. The molecule has 1 rings (SSSR count). The van der Waals surface area contributed by atoms with Crippen LogP contribution < -0.4 is 5.73 Å². The standard InChI is InChI=1S/C11H15NO5S/c1-18(16,17)8-4-2-7(3-5-8)11(15)9(13)6-10(12)14/h2-5,9,11,13,15H,6H2,1H3,(H2,12,14). The van der Waals surface area contributed by atoms with Gasteiger partial charge in [-0.2, -0.15) is 0 Å². The van der Waals surface area contributed by atoms with Gasteiger partial charge in [-0.05, 0) is 17.7 Å². The number of sulfone groups is 1. The maximum absolute atomic E-state index is 11.2. The van der Waals surface area contributed by atoms with E-state index in [1.807, 2.05) is 0 Å². The van der Waals surface area contributed by atoms with Crippen molar-refractivity contribution < 1.29 is 23.4 Å². The SMILES string of the molecule is CS(=O)(=O)c1ccc(C(O)C(O)CC(N)=O)cc1. The lowest BCUT2D eigenvalue weighted by Crippen LogP contribution is -2.25. The van der Waals surface area contributed by atoms with E-state index < -0.39 is 28.0 Å². The summed E-state index contributed by atoms with van der Waals surface area (Å²) in [4.78, 5) is 10.7. The number of primary amides is 1. The van der Waals surface area contributed by atoms with Crippen LogP contribution in [0, 0.1) is 0 Å². The Morgan fingerprint density at radius 3 is 2.17 bits per heavy atom. The van der Waals surface area contributed by atoms with Crippen molar-refractivity contribution in [2.75, 3.05) is 6.26 Å². The number of benzene rings is 1. The molecule has 2 atom stereocenters. The smallest absolute Gasteiger partial charge is 0.220 e. The number of carbonyl (C=O) groups is 1. The van der Waals surface area contributed by atoms with Gasteiger partial charge in [0.25, 0.3) is 0 Å². The molecule has 1 aromatic rings. The van der Waals surface area contributed by atoms with Crippen LogP contribution in [0.5, 0.6) is 0 Å². The zero-order chi connectivity index (χ0) is 13.9. The molecule has 0 radical (unpaired) electrons. The lowest BCUT2D eigenvalue weighted by atomic mass is 10.0. The minimum absolute atomic E-state index is 0.114. The van der Waals surface area contributed by atoms with Crippen LogP contribution in [0.15, 0.2) is 29.2 Å². The van der Waals surface area contributed by atoms with Crippen molar-refractivity contribution in [2.45, 2.75) is 23.5 Å². The van der Waals surface area contributed by atoms with Gasteiger partial charge < -0.3 is 15.9 Å². The summed E-state index contributed by atoms with van der Waals surface area (Å²) in [6, 6.07) is 5.41. The summed E-state index contributed by atoms with van der Waals surface area (Å²) < 4.78 is 22.4. The van der Waals surface area contributed by atoms with Gasteiger partial charge in [0.1, 0.15) is 6.10 Å². The van der Waals surface area contributed by atoms with E-state index in [0.29, 0.717) is 5.56 Å². The summed E-state index contributed by atoms with van der Waals surface area (Å²) in [6.07, 6.45) is -1.90. The van der Waals surface area contributed by atoms with Crippen LogP contribution in [0.1, 0.15) is 18.1 Å². The number of carbonyl (C=O) groups excluding carboxylic acids is 1. The fourth-order valence-electron chi connectivity index (χ4n) is 1.45. The van der Waals surface area contributed by atoms with Crippen molar-refractivity contribution >= 4 is 15.7 Å². The maximum Gasteiger partial charge on any atom is 0.220 e. The highest BCUT2D eigenvalue weighted by Crippen LogP contribution is 2.20. The van der Waals surface area contributed by atoms with Gasteiger partial charge in [-0.25, -0.2) is 8.42 Å². The average Bonchev–Trinajstić information content (AvgIpc) is 2.26. The van der Waals surface area contributed by atoms with Crippen LogP contribution in [0.2, 0.25) is 0 Å². The summed E-state index contributed by atoms with van der Waals surface area (Å²) >= 11 is 0. The van der Waals surface area contributed by atoms with Gasteiger partial charge in [-0.15, -0.1) is 0 Å². The van der Waals surface area contributed by atoms with Gasteiger partial charge in [0.15, 0.2) is 9.84 Å². The summed E-state index contributed by atoms with van der Waals surface area (Å²) in [5.41, 5.74) is 5.22. The molecule has 1 amide bonds. The van der Waals surface area contributed by atoms with Crippen LogP contribution in [-0.2, 0) is 14.6 Å². The maximum atomic E-state index is 11.2. The Morgan fingerprint density at radius 1 is 1.28 bits per heavy atom. The minimum atomic E-state index is -3.30. The van der Waals surface area contributed by atoms with Gasteiger partial charge in [0.2, 0.25) is 5.91 Å². The topological polar surface area (TPSA) is 118 Å². The second-order valence-electron chi connectivity index (χ2n) is 4.02. The molecule has 0 saturated carbocycles. The molecule has 0 aliphatic rings. The predicted octanol–water partition coefficient (Wildman–Crippen LogP) is -0.640. The minimum Gasteiger partial charge on any atom is -0.390 e. The predicted molar refractivity (Wildman–Crippen MR) is 64.3 cm³/mol. The summed E-state index contributed by atoms with van der Waals surface area (Å²) in [5.74, 6) is -0.727. The number of rotatable bonds is 5. The molecule has 4 N–H and O–H groups in total. The molecule has 2 unspecified atom stereocenters. The molecule has 1 aromatic carbocycles. The van der Waals surface area contributed by atoms with Crippen molar-refractivity contribution in [3.05, 3.63) is 29.8 Å². The molecular weight excluding hydrogens is 258 g/mol. The van der Waals surface area contributed by atoms with Gasteiger partial charge in [0.05, 0.1) is 17.4 Å². The lowest BCUT2D eigenvalue weighted by Gasteiger charge is -2.16. The molecule has 18 heavy (non-hydrogen) atoms. The van der Waals surface area contributed by atoms with Crippen LogP contribution in [-0.4, -0.2) is 36.9 Å². The van der Waals surface area contributed by atoms with E-state index in [4.69, 9.17) is 5.73 Å². The average molecular weight is 273 g/mol. The van der Waals surface area contributed by atoms with Crippen LogP contribution in [0.25, 0.3) is 0 Å². The highest BCUT2D eigenvalue weighted by atomic mass is 32.2. The second kappa shape index (κ2) is 5.47. The Kier molecular flexibility index (Phi) is 4.44. The molecule has 0 saturated heterocycles. The van der Waals surface area contributed by atoms with E-state index in [9.17, 15) is 23.4 Å². The van der Waals surface area contributed by atoms with E-state index in [0.717, 1.165) is 6.26 Å². The Hall–Kier alpha value is -1.44. The first-order valence-corrected chi connectivity index (χ1v) is 7.05. The van der Waals surface area contributed by atoms with E-state index in [1.54, 1.807) is 0 Å². The van der Waals surface area contributed by atoms with Crippen molar-refractivity contribution in [1.29, 1.82) is 0 Å². The van der Waals surface area contributed by atoms with Crippen LogP contribution in [0.3, 0.4) is 0 Å². The Balaban J connectivity index is 2.88. The molecule has 6 nitrogen and oxygen atoms in total. The third-order valence-corrected chi connectivity index (χ3v) is 3.55. The molecule has 0 spiro atoms. The quantitative estimate of drug-likeness (QED) is 0.659. The van der Waals surface area contributed by atoms with E-state index in [1.165, 1.54) is 24.3 Å². The summed E-state index contributed by atoms with van der Waals surface area (Å²) in [5, 5.41) is 19.2. The molecule has 7 heteroatoms. The van der Waals surface area contributed by atoms with Crippen molar-refractivity contribution in [3.8, 4) is 0 Å². The fourth-order valence-corrected chi connectivity index (χ4v) is 2.08. The first kappa shape index (κ1) is 14.6. The normalized spacial score (nSPS) is 15.1. The number of aliphatic hydroxyl groups is 2. The van der Waals surface area contributed by atoms with E-state index in [2.05, 4.69) is 0 Å². The molecule has 0 heterocycles. The zero-order valence-corrected chi connectivity index (χ0v) is 10.6. The number of nitrogens with two attached hydrogens (primary N) is 1. The zero-order valence-electron chi connectivity index (χ0n) is 9.78. The summed E-state index contributed by atoms with van der Waals surface area (Å²) in [6.45, 7) is 0. The highest BCUT2D eigenvalue weighted by Gasteiger charge is 2.20. The van der Waals surface area contributed by atoms with Gasteiger partial charge in [-0.1, -0.05) is 12.1 Å².